The van der Waals surface area contributed by atoms with Crippen molar-refractivity contribution in [1.82, 2.24) is 0 Å². The second-order valence-corrected chi connectivity index (χ2v) is 4.98. The van der Waals surface area contributed by atoms with Gasteiger partial charge in [-0.05, 0) is 12.1 Å². The fourth-order valence-electron chi connectivity index (χ4n) is 2.01. The number of alkyl halides is 1. The van der Waals surface area contributed by atoms with Gasteiger partial charge in [-0.3, -0.25) is 4.90 Å². The van der Waals surface area contributed by atoms with Crippen LogP contribution in [0.4, 0.5) is 10.5 Å². The van der Waals surface area contributed by atoms with Crippen LogP contribution in [-0.2, 0) is 4.74 Å². The van der Waals surface area contributed by atoms with Crippen molar-refractivity contribution >= 4 is 34.4 Å². The summed E-state index contributed by atoms with van der Waals surface area (Å²) in [5, 5.41) is 0. The fraction of sp³-hybridized carbons (Fsp3) is 0.417. The first-order valence-corrected chi connectivity index (χ1v) is 7.24. The van der Waals surface area contributed by atoms with Gasteiger partial charge in [-0.25, -0.2) is 4.79 Å². The molecule has 0 N–H and O–H groups in total. The van der Waals surface area contributed by atoms with E-state index in [1.54, 1.807) is 4.90 Å². The molecule has 6 heteroatoms. The second-order valence-electron chi connectivity index (χ2n) is 4.10. The van der Waals surface area contributed by atoms with E-state index >= 15 is 0 Å². The van der Waals surface area contributed by atoms with E-state index in [0.717, 1.165) is 15.9 Å². The summed E-state index contributed by atoms with van der Waals surface area (Å²) >= 11 is 2.21. The minimum atomic E-state index is -0.298. The van der Waals surface area contributed by atoms with Gasteiger partial charge in [-0.1, -0.05) is 22.6 Å². The first-order chi connectivity index (χ1) is 8.78. The number of carbonyl (C=O) groups is 1. The summed E-state index contributed by atoms with van der Waals surface area (Å²) in [5.74, 6) is 1.41. The van der Waals surface area contributed by atoms with Gasteiger partial charge in [0.25, 0.3) is 0 Å². The molecular weight excluding hydrogens is 349 g/mol. The number of nitrogens with zero attached hydrogens (tertiary/aromatic N) is 1. The van der Waals surface area contributed by atoms with E-state index in [1.165, 1.54) is 0 Å². The van der Waals surface area contributed by atoms with Gasteiger partial charge in [0.1, 0.15) is 19.3 Å². The third-order valence-electron chi connectivity index (χ3n) is 2.88. The van der Waals surface area contributed by atoms with Crippen molar-refractivity contribution in [3.05, 3.63) is 18.2 Å². The average Bonchev–Trinajstić information content (AvgIpc) is 2.79. The van der Waals surface area contributed by atoms with E-state index in [-0.39, 0.29) is 12.2 Å². The Labute approximate surface area is 118 Å². The number of rotatable bonds is 2. The number of carbonyl (C=O) groups excluding carboxylic acids is 1. The topological polar surface area (TPSA) is 48.0 Å². The molecule has 1 aromatic carbocycles. The molecule has 18 heavy (non-hydrogen) atoms. The van der Waals surface area contributed by atoms with E-state index in [4.69, 9.17) is 14.2 Å². The molecule has 0 aliphatic carbocycles. The minimum absolute atomic E-state index is 0.0358. The first kappa shape index (κ1) is 11.9. The van der Waals surface area contributed by atoms with Crippen LogP contribution >= 0.6 is 22.6 Å². The van der Waals surface area contributed by atoms with Crippen LogP contribution in [0.25, 0.3) is 0 Å². The summed E-state index contributed by atoms with van der Waals surface area (Å²) in [4.78, 5) is 13.4. The molecule has 0 saturated carbocycles. The van der Waals surface area contributed by atoms with E-state index in [0.29, 0.717) is 25.5 Å². The Morgan fingerprint density at radius 1 is 1.28 bits per heavy atom. The van der Waals surface area contributed by atoms with Gasteiger partial charge < -0.3 is 14.2 Å². The van der Waals surface area contributed by atoms with Gasteiger partial charge in [-0.15, -0.1) is 0 Å². The molecule has 2 aliphatic rings. The van der Waals surface area contributed by atoms with Crippen LogP contribution < -0.4 is 14.4 Å². The molecule has 1 saturated heterocycles. The Balaban J connectivity index is 1.86. The van der Waals surface area contributed by atoms with E-state index in [2.05, 4.69) is 22.6 Å². The SMILES string of the molecule is O=C1OC(CI)CN1c1ccc2c(c1)OCCO2. The number of ether oxygens (including phenoxy) is 3. The maximum Gasteiger partial charge on any atom is 0.414 e. The standard InChI is InChI=1S/C12H12INO4/c13-6-9-7-14(12(15)18-9)8-1-2-10-11(5-8)17-4-3-16-10/h1-2,5,9H,3-4,6-7H2. The molecule has 3 rings (SSSR count). The molecule has 1 aromatic rings. The molecule has 5 nitrogen and oxygen atoms in total. The highest BCUT2D eigenvalue weighted by atomic mass is 127. The van der Waals surface area contributed by atoms with Crippen molar-refractivity contribution in [3.63, 3.8) is 0 Å². The van der Waals surface area contributed by atoms with Gasteiger partial charge >= 0.3 is 6.09 Å². The summed E-state index contributed by atoms with van der Waals surface area (Å²) in [6, 6.07) is 5.50. The van der Waals surface area contributed by atoms with E-state index in [1.807, 2.05) is 18.2 Å². The fourth-order valence-corrected chi connectivity index (χ4v) is 2.47. The van der Waals surface area contributed by atoms with Crippen molar-refractivity contribution in [1.29, 1.82) is 0 Å². The average molecular weight is 361 g/mol. The van der Waals surface area contributed by atoms with Crippen molar-refractivity contribution in [2.45, 2.75) is 6.10 Å². The number of hydrogen-bond acceptors (Lipinski definition) is 4. The molecule has 1 fully saturated rings. The molecule has 0 spiro atoms. The Bertz CT molecular complexity index is 479. The van der Waals surface area contributed by atoms with Crippen molar-refractivity contribution in [2.24, 2.45) is 0 Å². The number of benzene rings is 1. The molecule has 0 aromatic heterocycles. The second kappa shape index (κ2) is 4.83. The molecule has 96 valence electrons. The molecule has 2 heterocycles. The minimum Gasteiger partial charge on any atom is -0.486 e. The molecular formula is C12H12INO4. The zero-order chi connectivity index (χ0) is 12.5. The van der Waals surface area contributed by atoms with Crippen LogP contribution in [0, 0.1) is 0 Å². The third-order valence-corrected chi connectivity index (χ3v) is 3.87. The lowest BCUT2D eigenvalue weighted by Crippen LogP contribution is -2.25. The van der Waals surface area contributed by atoms with Crippen LogP contribution in [-0.4, -0.2) is 36.4 Å². The van der Waals surface area contributed by atoms with Crippen LogP contribution in [0.2, 0.25) is 0 Å². The summed E-state index contributed by atoms with van der Waals surface area (Å²) in [5.41, 5.74) is 0.789. The predicted molar refractivity (Wildman–Crippen MR) is 73.9 cm³/mol. The normalized spacial score (nSPS) is 21.9. The maximum atomic E-state index is 11.7. The van der Waals surface area contributed by atoms with Gasteiger partial charge in [0.05, 0.1) is 12.2 Å². The largest absolute Gasteiger partial charge is 0.486 e. The lowest BCUT2D eigenvalue weighted by atomic mass is 10.2. The molecule has 1 unspecified atom stereocenters. The van der Waals surface area contributed by atoms with E-state index in [9.17, 15) is 4.79 Å². The third kappa shape index (κ3) is 2.09. The zero-order valence-electron chi connectivity index (χ0n) is 9.60. The number of fused-ring (bicyclic) bond motifs is 1. The molecule has 1 atom stereocenters. The quantitative estimate of drug-likeness (QED) is 0.599. The van der Waals surface area contributed by atoms with Crippen molar-refractivity contribution < 1.29 is 19.0 Å². The zero-order valence-corrected chi connectivity index (χ0v) is 11.8. The highest BCUT2D eigenvalue weighted by Gasteiger charge is 2.32. The van der Waals surface area contributed by atoms with Crippen molar-refractivity contribution in [2.75, 3.05) is 29.1 Å². The Morgan fingerprint density at radius 3 is 2.78 bits per heavy atom. The maximum absolute atomic E-state index is 11.7. The Kier molecular flexibility index (Phi) is 3.19. The first-order valence-electron chi connectivity index (χ1n) is 5.71. The van der Waals surface area contributed by atoms with Gasteiger partial charge in [0.2, 0.25) is 0 Å². The number of halogens is 1. The number of amides is 1. The van der Waals surface area contributed by atoms with Gasteiger partial charge in [0, 0.05) is 10.5 Å². The summed E-state index contributed by atoms with van der Waals surface area (Å²) in [7, 11) is 0. The highest BCUT2D eigenvalue weighted by molar-refractivity contribution is 14.1. The summed E-state index contributed by atoms with van der Waals surface area (Å²) < 4.78 is 17.0. The molecule has 1 amide bonds. The highest BCUT2D eigenvalue weighted by Crippen LogP contribution is 2.35. The van der Waals surface area contributed by atoms with Gasteiger partial charge in [-0.2, -0.15) is 0 Å². The summed E-state index contributed by atoms with van der Waals surface area (Å²) in [6.45, 7) is 1.69. The monoisotopic (exact) mass is 361 g/mol. The number of anilines is 1. The van der Waals surface area contributed by atoms with Crippen LogP contribution in [0.3, 0.4) is 0 Å². The van der Waals surface area contributed by atoms with E-state index < -0.39 is 0 Å². The number of cyclic esters (lactones) is 1. The number of hydrogen-bond donors (Lipinski definition) is 0. The van der Waals surface area contributed by atoms with Crippen molar-refractivity contribution in [3.8, 4) is 11.5 Å². The van der Waals surface area contributed by atoms with Crippen LogP contribution in [0.5, 0.6) is 11.5 Å². The van der Waals surface area contributed by atoms with Crippen LogP contribution in [0.15, 0.2) is 18.2 Å². The lowest BCUT2D eigenvalue weighted by Gasteiger charge is -2.20. The lowest BCUT2D eigenvalue weighted by molar-refractivity contribution is 0.152. The molecule has 0 radical (unpaired) electrons. The smallest absolute Gasteiger partial charge is 0.414 e. The van der Waals surface area contributed by atoms with Gasteiger partial charge in [0.15, 0.2) is 11.5 Å². The summed E-state index contributed by atoms with van der Waals surface area (Å²) in [6.07, 6.45) is -0.334. The Hall–Kier alpha value is -1.18. The van der Waals surface area contributed by atoms with Crippen LogP contribution in [0.1, 0.15) is 0 Å². The Morgan fingerprint density at radius 2 is 2.06 bits per heavy atom. The molecule has 0 bridgehead atoms. The predicted octanol–water partition coefficient (Wildman–Crippen LogP) is 2.22. The molecule has 2 aliphatic heterocycles.